The van der Waals surface area contributed by atoms with Crippen molar-refractivity contribution in [3.05, 3.63) is 29.8 Å². The van der Waals surface area contributed by atoms with Gasteiger partial charge in [-0.05, 0) is 24.5 Å². The number of nitrogens with zero attached hydrogens (tertiary/aromatic N) is 2. The van der Waals surface area contributed by atoms with Crippen LogP contribution in [-0.4, -0.2) is 68.7 Å². The Labute approximate surface area is 187 Å². The number of rotatable bonds is 9. The van der Waals surface area contributed by atoms with Crippen LogP contribution in [0, 0.1) is 5.92 Å². The normalized spacial score (nSPS) is 20.8. The molecule has 2 aliphatic rings. The van der Waals surface area contributed by atoms with Gasteiger partial charge in [-0.3, -0.25) is 14.7 Å². The van der Waals surface area contributed by atoms with E-state index in [1.54, 1.807) is 0 Å². The smallest absolute Gasteiger partial charge is 0.225 e. The molecule has 1 fully saturated rings. The van der Waals surface area contributed by atoms with Crippen molar-refractivity contribution in [1.29, 1.82) is 0 Å². The van der Waals surface area contributed by atoms with Crippen LogP contribution in [0.5, 0.6) is 0 Å². The summed E-state index contributed by atoms with van der Waals surface area (Å²) < 4.78 is 5.57. The lowest BCUT2D eigenvalue weighted by molar-refractivity contribution is -0.116. The van der Waals surface area contributed by atoms with Crippen LogP contribution in [0.3, 0.4) is 0 Å². The molecule has 0 aromatic heterocycles. The molecular formula is C24H39N5O2. The number of aliphatic imine (C=N–C) groups is 1. The molecule has 1 saturated heterocycles. The highest BCUT2D eigenvalue weighted by Gasteiger charge is 2.27. The van der Waals surface area contributed by atoms with E-state index in [-0.39, 0.29) is 11.8 Å². The van der Waals surface area contributed by atoms with Gasteiger partial charge in [0.2, 0.25) is 5.91 Å². The summed E-state index contributed by atoms with van der Waals surface area (Å²) in [6.45, 7) is 12.5. The van der Waals surface area contributed by atoms with E-state index in [2.05, 4.69) is 47.7 Å². The largest absolute Gasteiger partial charge is 0.379 e. The first-order chi connectivity index (χ1) is 15.2. The summed E-state index contributed by atoms with van der Waals surface area (Å²) in [5.74, 6) is 1.67. The van der Waals surface area contributed by atoms with E-state index in [1.165, 1.54) is 5.56 Å². The molecule has 2 aliphatic heterocycles. The molecule has 0 spiro atoms. The summed E-state index contributed by atoms with van der Waals surface area (Å²) in [6.07, 6.45) is 2.81. The Morgan fingerprint density at radius 2 is 1.94 bits per heavy atom. The van der Waals surface area contributed by atoms with Gasteiger partial charge in [-0.2, -0.15) is 0 Å². The zero-order chi connectivity index (χ0) is 22.1. The monoisotopic (exact) mass is 429 g/mol. The fourth-order valence-corrected chi connectivity index (χ4v) is 4.74. The Morgan fingerprint density at radius 3 is 2.65 bits per heavy atom. The third kappa shape index (κ3) is 6.43. The van der Waals surface area contributed by atoms with E-state index in [0.29, 0.717) is 24.9 Å². The van der Waals surface area contributed by atoms with Gasteiger partial charge in [0.1, 0.15) is 0 Å². The Hall–Kier alpha value is -2.12. The molecule has 3 N–H and O–H groups in total. The number of hydrogen-bond donors (Lipinski definition) is 3. The topological polar surface area (TPSA) is 78.0 Å². The second-order valence-electron chi connectivity index (χ2n) is 8.43. The minimum atomic E-state index is 0.0774. The number of morpholine rings is 1. The van der Waals surface area contributed by atoms with Crippen molar-refractivity contribution in [1.82, 2.24) is 15.5 Å². The standard InChI is InChI=1S/C24H39N5O2/c1-4-18(5-2)22(29-11-13-31-14-12-29)17-27-24(25-6-3)26-16-19-15-23(30)28-21-10-8-7-9-20(19)21/h7-10,18-19,22H,4-6,11-17H2,1-3H3,(H,28,30)(H2,25,26,27). The number of ether oxygens (including phenoxy) is 1. The number of fused-ring (bicyclic) bond motifs is 1. The molecule has 2 heterocycles. The van der Waals surface area contributed by atoms with E-state index >= 15 is 0 Å². The van der Waals surface area contributed by atoms with Gasteiger partial charge in [-0.1, -0.05) is 44.9 Å². The summed E-state index contributed by atoms with van der Waals surface area (Å²) in [5, 5.41) is 9.86. The molecular weight excluding hydrogens is 390 g/mol. The van der Waals surface area contributed by atoms with Gasteiger partial charge in [-0.15, -0.1) is 0 Å². The number of carbonyl (C=O) groups is 1. The molecule has 2 atom stereocenters. The Balaban J connectivity index is 1.68. The van der Waals surface area contributed by atoms with Crippen LogP contribution in [0.1, 0.15) is 51.5 Å². The highest BCUT2D eigenvalue weighted by Crippen LogP contribution is 2.31. The van der Waals surface area contributed by atoms with Crippen molar-refractivity contribution in [2.75, 3.05) is 51.3 Å². The van der Waals surface area contributed by atoms with Crippen molar-refractivity contribution in [3.63, 3.8) is 0 Å². The summed E-state index contributed by atoms with van der Waals surface area (Å²) in [4.78, 5) is 19.7. The number of amides is 1. The van der Waals surface area contributed by atoms with Crippen molar-refractivity contribution in [3.8, 4) is 0 Å². The third-order valence-corrected chi connectivity index (χ3v) is 6.51. The second-order valence-corrected chi connectivity index (χ2v) is 8.43. The van der Waals surface area contributed by atoms with Gasteiger partial charge in [0, 0.05) is 50.2 Å². The number of benzene rings is 1. The molecule has 0 saturated carbocycles. The van der Waals surface area contributed by atoms with Crippen molar-refractivity contribution >= 4 is 17.6 Å². The van der Waals surface area contributed by atoms with Crippen LogP contribution < -0.4 is 16.0 Å². The second kappa shape index (κ2) is 12.1. The molecule has 172 valence electrons. The molecule has 1 aromatic rings. The molecule has 3 rings (SSSR count). The van der Waals surface area contributed by atoms with Crippen LogP contribution in [0.15, 0.2) is 29.3 Å². The maximum Gasteiger partial charge on any atom is 0.225 e. The van der Waals surface area contributed by atoms with Crippen LogP contribution >= 0.6 is 0 Å². The van der Waals surface area contributed by atoms with E-state index in [0.717, 1.165) is 63.9 Å². The van der Waals surface area contributed by atoms with Crippen LogP contribution in [0.2, 0.25) is 0 Å². The molecule has 1 aromatic carbocycles. The van der Waals surface area contributed by atoms with Gasteiger partial charge >= 0.3 is 0 Å². The fourth-order valence-electron chi connectivity index (χ4n) is 4.74. The van der Waals surface area contributed by atoms with Crippen LogP contribution in [-0.2, 0) is 9.53 Å². The lowest BCUT2D eigenvalue weighted by Crippen LogP contribution is -2.49. The first-order valence-electron chi connectivity index (χ1n) is 11.9. The molecule has 1 amide bonds. The minimum absolute atomic E-state index is 0.0774. The molecule has 7 nitrogen and oxygen atoms in total. The maximum absolute atomic E-state index is 12.1. The Morgan fingerprint density at radius 1 is 1.19 bits per heavy atom. The van der Waals surface area contributed by atoms with Crippen molar-refractivity contribution < 1.29 is 9.53 Å². The predicted molar refractivity (Wildman–Crippen MR) is 127 cm³/mol. The minimum Gasteiger partial charge on any atom is -0.379 e. The summed E-state index contributed by atoms with van der Waals surface area (Å²) in [7, 11) is 0. The molecule has 2 unspecified atom stereocenters. The summed E-state index contributed by atoms with van der Waals surface area (Å²) in [6, 6.07) is 8.50. The molecule has 0 aliphatic carbocycles. The SMILES string of the molecule is CCNC(=NCC(C(CC)CC)N1CCOCC1)NCC1CC(=O)Nc2ccccc21. The summed E-state index contributed by atoms with van der Waals surface area (Å²) in [5.41, 5.74) is 2.11. The number of para-hydroxylation sites is 1. The zero-order valence-corrected chi connectivity index (χ0v) is 19.3. The fraction of sp³-hybridized carbons (Fsp3) is 0.667. The maximum atomic E-state index is 12.1. The average Bonchev–Trinajstić information content (AvgIpc) is 2.80. The van der Waals surface area contributed by atoms with Crippen LogP contribution in [0.25, 0.3) is 0 Å². The van der Waals surface area contributed by atoms with Gasteiger partial charge in [0.05, 0.1) is 19.8 Å². The summed E-state index contributed by atoms with van der Waals surface area (Å²) >= 11 is 0. The van der Waals surface area contributed by atoms with Crippen LogP contribution in [0.4, 0.5) is 5.69 Å². The van der Waals surface area contributed by atoms with Gasteiger partial charge in [0.15, 0.2) is 5.96 Å². The zero-order valence-electron chi connectivity index (χ0n) is 19.3. The lowest BCUT2D eigenvalue weighted by Gasteiger charge is -2.38. The highest BCUT2D eigenvalue weighted by atomic mass is 16.5. The highest BCUT2D eigenvalue weighted by molar-refractivity contribution is 5.94. The molecule has 0 bridgehead atoms. The number of guanidine groups is 1. The van der Waals surface area contributed by atoms with E-state index < -0.39 is 0 Å². The Bertz CT molecular complexity index is 728. The van der Waals surface area contributed by atoms with E-state index in [9.17, 15) is 4.79 Å². The van der Waals surface area contributed by atoms with Gasteiger partial charge < -0.3 is 20.7 Å². The first-order valence-corrected chi connectivity index (χ1v) is 11.9. The van der Waals surface area contributed by atoms with Crippen molar-refractivity contribution in [2.24, 2.45) is 10.9 Å². The number of nitrogens with one attached hydrogen (secondary N) is 3. The van der Waals surface area contributed by atoms with E-state index in [1.807, 2.05) is 18.2 Å². The number of anilines is 1. The number of carbonyl (C=O) groups excluding carboxylic acids is 1. The average molecular weight is 430 g/mol. The first kappa shape index (κ1) is 23.5. The quantitative estimate of drug-likeness (QED) is 0.416. The number of hydrogen-bond acceptors (Lipinski definition) is 4. The van der Waals surface area contributed by atoms with Gasteiger partial charge in [0.25, 0.3) is 0 Å². The predicted octanol–water partition coefficient (Wildman–Crippen LogP) is 2.80. The molecule has 0 radical (unpaired) electrons. The lowest BCUT2D eigenvalue weighted by atomic mass is 9.90. The van der Waals surface area contributed by atoms with Crippen molar-refractivity contribution in [2.45, 2.75) is 52.0 Å². The third-order valence-electron chi connectivity index (χ3n) is 6.51. The van der Waals surface area contributed by atoms with Gasteiger partial charge in [-0.25, -0.2) is 0 Å². The Kier molecular flexibility index (Phi) is 9.15. The molecule has 7 heteroatoms. The van der Waals surface area contributed by atoms with E-state index in [4.69, 9.17) is 9.73 Å². The molecule has 31 heavy (non-hydrogen) atoms.